The van der Waals surface area contributed by atoms with Crippen LogP contribution in [0.4, 0.5) is 0 Å². The van der Waals surface area contributed by atoms with Gasteiger partial charge in [0, 0.05) is 11.6 Å². The molecule has 0 saturated carbocycles. The van der Waals surface area contributed by atoms with E-state index in [0.717, 1.165) is 5.56 Å². The van der Waals surface area contributed by atoms with Crippen LogP contribution in [0.15, 0.2) is 42.5 Å². The van der Waals surface area contributed by atoms with E-state index >= 15 is 0 Å². The van der Waals surface area contributed by atoms with Crippen molar-refractivity contribution in [3.05, 3.63) is 48.0 Å². The van der Waals surface area contributed by atoms with Crippen LogP contribution in [0.25, 0.3) is 0 Å². The van der Waals surface area contributed by atoms with Crippen molar-refractivity contribution in [3.63, 3.8) is 0 Å². The zero-order chi connectivity index (χ0) is 19.8. The number of benzene rings is 2. The van der Waals surface area contributed by atoms with Crippen molar-refractivity contribution in [2.45, 2.75) is 32.4 Å². The fourth-order valence-electron chi connectivity index (χ4n) is 2.72. The zero-order valence-electron chi connectivity index (χ0n) is 16.4. The van der Waals surface area contributed by atoms with E-state index < -0.39 is 6.10 Å². The molecule has 2 atom stereocenters. The Labute approximate surface area is 160 Å². The minimum absolute atomic E-state index is 0.197. The number of carbonyl (C=O) groups excluding carboxylic acids is 1. The highest BCUT2D eigenvalue weighted by molar-refractivity contribution is 5.81. The maximum absolute atomic E-state index is 12.7. The van der Waals surface area contributed by atoms with Crippen LogP contribution < -0.4 is 24.3 Å². The molecule has 0 unspecified atom stereocenters. The Morgan fingerprint density at radius 3 is 2.26 bits per heavy atom. The zero-order valence-corrected chi connectivity index (χ0v) is 16.4. The smallest absolute Gasteiger partial charge is 0.261 e. The number of ether oxygens (including phenoxy) is 4. The average Bonchev–Trinajstić information content (AvgIpc) is 2.71. The molecule has 27 heavy (non-hydrogen) atoms. The Morgan fingerprint density at radius 1 is 0.963 bits per heavy atom. The van der Waals surface area contributed by atoms with Gasteiger partial charge in [0.1, 0.15) is 23.0 Å². The minimum atomic E-state index is -0.615. The molecule has 0 fully saturated rings. The second-order valence-electron chi connectivity index (χ2n) is 6.03. The van der Waals surface area contributed by atoms with Crippen LogP contribution in [0, 0.1) is 0 Å². The lowest BCUT2D eigenvalue weighted by Crippen LogP contribution is -2.39. The fraction of sp³-hybridized carbons (Fsp3) is 0.381. The highest BCUT2D eigenvalue weighted by Gasteiger charge is 2.22. The van der Waals surface area contributed by atoms with Crippen LogP contribution in [-0.4, -0.2) is 33.3 Å². The Morgan fingerprint density at radius 2 is 1.63 bits per heavy atom. The molecule has 6 heteroatoms. The lowest BCUT2D eigenvalue weighted by molar-refractivity contribution is -0.128. The molecule has 146 valence electrons. The molecule has 2 rings (SSSR count). The summed E-state index contributed by atoms with van der Waals surface area (Å²) in [6.45, 7) is 3.80. The third kappa shape index (κ3) is 5.29. The van der Waals surface area contributed by atoms with Gasteiger partial charge < -0.3 is 24.3 Å². The number of amides is 1. The first kappa shape index (κ1) is 20.4. The topological polar surface area (TPSA) is 66.0 Å². The van der Waals surface area contributed by atoms with Crippen molar-refractivity contribution in [3.8, 4) is 23.0 Å². The number of hydrogen-bond acceptors (Lipinski definition) is 5. The summed E-state index contributed by atoms with van der Waals surface area (Å²) in [7, 11) is 4.79. The SMILES string of the molecule is CC[C@H](Oc1cccc(OC)c1)C(=O)N[C@H](C)c1cc(OC)ccc1OC. The van der Waals surface area contributed by atoms with E-state index in [0.29, 0.717) is 29.4 Å². The van der Waals surface area contributed by atoms with Gasteiger partial charge in [0.25, 0.3) is 5.91 Å². The van der Waals surface area contributed by atoms with E-state index in [9.17, 15) is 4.79 Å². The number of nitrogens with one attached hydrogen (secondary N) is 1. The number of methoxy groups -OCH3 is 3. The van der Waals surface area contributed by atoms with Gasteiger partial charge in [-0.25, -0.2) is 0 Å². The first-order chi connectivity index (χ1) is 13.0. The molecule has 6 nitrogen and oxygen atoms in total. The fourth-order valence-corrected chi connectivity index (χ4v) is 2.72. The molecule has 1 N–H and O–H groups in total. The maximum Gasteiger partial charge on any atom is 0.261 e. The summed E-state index contributed by atoms with van der Waals surface area (Å²) >= 11 is 0. The van der Waals surface area contributed by atoms with E-state index in [-0.39, 0.29) is 11.9 Å². The van der Waals surface area contributed by atoms with Gasteiger partial charge >= 0.3 is 0 Å². The van der Waals surface area contributed by atoms with Crippen LogP contribution >= 0.6 is 0 Å². The molecule has 0 aromatic heterocycles. The summed E-state index contributed by atoms with van der Waals surface area (Å²) in [5.74, 6) is 2.45. The van der Waals surface area contributed by atoms with E-state index in [1.54, 1.807) is 33.5 Å². The second-order valence-corrected chi connectivity index (χ2v) is 6.03. The van der Waals surface area contributed by atoms with Gasteiger partial charge in [-0.3, -0.25) is 4.79 Å². The van der Waals surface area contributed by atoms with Crippen molar-refractivity contribution in [1.29, 1.82) is 0 Å². The molecule has 0 aliphatic rings. The van der Waals surface area contributed by atoms with Crippen molar-refractivity contribution >= 4 is 5.91 Å². The molecule has 2 aromatic rings. The Hall–Kier alpha value is -2.89. The van der Waals surface area contributed by atoms with E-state index in [4.69, 9.17) is 18.9 Å². The van der Waals surface area contributed by atoms with Gasteiger partial charge in [-0.05, 0) is 43.7 Å². The van der Waals surface area contributed by atoms with Crippen molar-refractivity contribution in [2.24, 2.45) is 0 Å². The third-order valence-electron chi connectivity index (χ3n) is 4.24. The Balaban J connectivity index is 2.11. The molecular formula is C21H27NO5. The first-order valence-electron chi connectivity index (χ1n) is 8.85. The standard InChI is InChI=1S/C21H27NO5/c1-6-19(27-17-9-7-8-15(12-17)24-3)21(23)22-14(2)18-13-16(25-4)10-11-20(18)26-5/h7-14,19H,6H2,1-5H3,(H,22,23)/t14-,19+/m1/s1. The molecule has 0 radical (unpaired) electrons. The number of hydrogen-bond donors (Lipinski definition) is 1. The average molecular weight is 373 g/mol. The van der Waals surface area contributed by atoms with Crippen molar-refractivity contribution < 1.29 is 23.7 Å². The molecule has 0 aliphatic heterocycles. The maximum atomic E-state index is 12.7. The van der Waals surface area contributed by atoms with Gasteiger partial charge in [0.05, 0.1) is 27.4 Å². The largest absolute Gasteiger partial charge is 0.497 e. The normalized spacial score (nSPS) is 12.6. The monoisotopic (exact) mass is 373 g/mol. The lowest BCUT2D eigenvalue weighted by Gasteiger charge is -2.22. The molecule has 0 heterocycles. The number of rotatable bonds is 9. The van der Waals surface area contributed by atoms with Crippen LogP contribution in [0.1, 0.15) is 31.9 Å². The van der Waals surface area contributed by atoms with Crippen LogP contribution in [-0.2, 0) is 4.79 Å². The van der Waals surface area contributed by atoms with Crippen LogP contribution in [0.2, 0.25) is 0 Å². The van der Waals surface area contributed by atoms with Gasteiger partial charge in [0.2, 0.25) is 0 Å². The third-order valence-corrected chi connectivity index (χ3v) is 4.24. The molecule has 0 spiro atoms. The summed E-state index contributed by atoms with van der Waals surface area (Å²) in [5, 5.41) is 2.99. The second kappa shape index (κ2) is 9.71. The van der Waals surface area contributed by atoms with E-state index in [1.807, 2.05) is 44.2 Å². The Kier molecular flexibility index (Phi) is 7.34. The summed E-state index contributed by atoms with van der Waals surface area (Å²) in [6.07, 6.45) is -0.0819. The highest BCUT2D eigenvalue weighted by Crippen LogP contribution is 2.29. The molecule has 1 amide bonds. The van der Waals surface area contributed by atoms with E-state index in [1.165, 1.54) is 0 Å². The lowest BCUT2D eigenvalue weighted by atomic mass is 10.1. The predicted molar refractivity (Wildman–Crippen MR) is 104 cm³/mol. The number of carbonyl (C=O) groups is 1. The minimum Gasteiger partial charge on any atom is -0.497 e. The van der Waals surface area contributed by atoms with Gasteiger partial charge in [-0.15, -0.1) is 0 Å². The quantitative estimate of drug-likeness (QED) is 0.725. The van der Waals surface area contributed by atoms with Gasteiger partial charge in [-0.1, -0.05) is 13.0 Å². The molecule has 0 bridgehead atoms. The summed E-state index contributed by atoms with van der Waals surface area (Å²) in [4.78, 5) is 12.7. The summed E-state index contributed by atoms with van der Waals surface area (Å²) < 4.78 is 21.7. The summed E-state index contributed by atoms with van der Waals surface area (Å²) in [6, 6.07) is 12.4. The molecule has 0 saturated heterocycles. The predicted octanol–water partition coefficient (Wildman–Crippen LogP) is 3.75. The van der Waals surface area contributed by atoms with Crippen LogP contribution in [0.3, 0.4) is 0 Å². The molecule has 0 aliphatic carbocycles. The molecular weight excluding hydrogens is 346 g/mol. The highest BCUT2D eigenvalue weighted by atomic mass is 16.5. The van der Waals surface area contributed by atoms with Gasteiger partial charge in [-0.2, -0.15) is 0 Å². The summed E-state index contributed by atoms with van der Waals surface area (Å²) in [5.41, 5.74) is 0.835. The molecule has 2 aromatic carbocycles. The van der Waals surface area contributed by atoms with Crippen molar-refractivity contribution in [2.75, 3.05) is 21.3 Å². The van der Waals surface area contributed by atoms with Crippen molar-refractivity contribution in [1.82, 2.24) is 5.32 Å². The van der Waals surface area contributed by atoms with Crippen LogP contribution in [0.5, 0.6) is 23.0 Å². The Bertz CT molecular complexity index is 762. The van der Waals surface area contributed by atoms with E-state index in [2.05, 4.69) is 5.32 Å². The van der Waals surface area contributed by atoms with Gasteiger partial charge in [0.15, 0.2) is 6.10 Å². The first-order valence-corrected chi connectivity index (χ1v) is 8.85.